The Kier molecular flexibility index (Phi) is 9.36. The van der Waals surface area contributed by atoms with Crippen molar-refractivity contribution in [1.29, 1.82) is 0 Å². The zero-order valence-corrected chi connectivity index (χ0v) is 23.3. The van der Waals surface area contributed by atoms with E-state index in [1.807, 2.05) is 61.5 Å². The van der Waals surface area contributed by atoms with Crippen LogP contribution in [0.5, 0.6) is 11.5 Å². The van der Waals surface area contributed by atoms with Crippen LogP contribution in [0.4, 0.5) is 17.2 Å². The molecule has 0 atom stereocenters. The lowest BCUT2D eigenvalue weighted by atomic mass is 10.1. The number of benzene rings is 3. The first-order valence-electron chi connectivity index (χ1n) is 12.7. The number of fused-ring (bicyclic) bond motifs is 2. The molecule has 5 rings (SSSR count). The first-order valence-corrected chi connectivity index (χ1v) is 12.7. The quantitative estimate of drug-likeness (QED) is 0.165. The number of ether oxygens (including phenoxy) is 3. The summed E-state index contributed by atoms with van der Waals surface area (Å²) < 4.78 is 16.7. The SMILES string of the molecule is CCCC(=O)Nc1cccc(-c2nc(Nc3ccc4[nH]ncc4c3)c3cc(OCCOC)c(OC)cc3n2)c1.Cl. The molecule has 3 aromatic carbocycles. The molecule has 5 aromatic rings. The van der Waals surface area contributed by atoms with Crippen molar-refractivity contribution in [3.05, 3.63) is 60.8 Å². The number of carbonyl (C=O) groups excluding carboxylic acids is 1. The van der Waals surface area contributed by atoms with Gasteiger partial charge in [-0.25, -0.2) is 9.97 Å². The average molecular weight is 563 g/mol. The number of hydrogen-bond acceptors (Lipinski definition) is 8. The maximum absolute atomic E-state index is 12.2. The highest BCUT2D eigenvalue weighted by Gasteiger charge is 2.16. The predicted octanol–water partition coefficient (Wildman–Crippen LogP) is 6.11. The highest BCUT2D eigenvalue weighted by atomic mass is 35.5. The molecule has 0 radical (unpaired) electrons. The summed E-state index contributed by atoms with van der Waals surface area (Å²) in [6, 6.07) is 17.1. The lowest BCUT2D eigenvalue weighted by Crippen LogP contribution is -2.10. The Bertz CT molecular complexity index is 1620. The van der Waals surface area contributed by atoms with E-state index in [0.29, 0.717) is 54.0 Å². The van der Waals surface area contributed by atoms with Gasteiger partial charge in [0.25, 0.3) is 0 Å². The van der Waals surface area contributed by atoms with Crippen molar-refractivity contribution in [3.8, 4) is 22.9 Å². The molecule has 2 heterocycles. The molecule has 0 aliphatic rings. The fourth-order valence-electron chi connectivity index (χ4n) is 4.21. The Morgan fingerprint density at radius 3 is 2.65 bits per heavy atom. The van der Waals surface area contributed by atoms with Crippen LogP contribution in [-0.4, -0.2) is 53.5 Å². The van der Waals surface area contributed by atoms with Gasteiger partial charge in [0.2, 0.25) is 5.91 Å². The molecule has 11 heteroatoms. The monoisotopic (exact) mass is 562 g/mol. The van der Waals surface area contributed by atoms with Crippen molar-refractivity contribution in [3.63, 3.8) is 0 Å². The third-order valence-electron chi connectivity index (χ3n) is 6.11. The fourth-order valence-corrected chi connectivity index (χ4v) is 4.21. The second-order valence-corrected chi connectivity index (χ2v) is 8.93. The fraction of sp³-hybridized carbons (Fsp3) is 0.241. The second kappa shape index (κ2) is 13.1. The summed E-state index contributed by atoms with van der Waals surface area (Å²) in [4.78, 5) is 21.9. The lowest BCUT2D eigenvalue weighted by Gasteiger charge is -2.15. The molecule has 208 valence electrons. The average Bonchev–Trinajstić information content (AvgIpc) is 3.41. The maximum Gasteiger partial charge on any atom is 0.224 e. The van der Waals surface area contributed by atoms with E-state index in [0.717, 1.165) is 34.0 Å². The number of rotatable bonds is 11. The van der Waals surface area contributed by atoms with Gasteiger partial charge >= 0.3 is 0 Å². The molecule has 0 aliphatic carbocycles. The van der Waals surface area contributed by atoms with Gasteiger partial charge in [0.05, 0.1) is 30.9 Å². The van der Waals surface area contributed by atoms with Crippen LogP contribution in [0.25, 0.3) is 33.2 Å². The van der Waals surface area contributed by atoms with Gasteiger partial charge < -0.3 is 24.8 Å². The van der Waals surface area contributed by atoms with Crippen LogP contribution in [-0.2, 0) is 9.53 Å². The molecule has 2 aromatic heterocycles. The molecule has 0 aliphatic heterocycles. The smallest absolute Gasteiger partial charge is 0.224 e. The molecule has 3 N–H and O–H groups in total. The number of halogens is 1. The van der Waals surface area contributed by atoms with E-state index < -0.39 is 0 Å². The molecule has 0 saturated heterocycles. The van der Waals surface area contributed by atoms with Crippen LogP contribution in [0.3, 0.4) is 0 Å². The van der Waals surface area contributed by atoms with E-state index in [-0.39, 0.29) is 18.3 Å². The normalized spacial score (nSPS) is 10.8. The number of hydrogen-bond donors (Lipinski definition) is 3. The second-order valence-electron chi connectivity index (χ2n) is 8.93. The number of nitrogens with one attached hydrogen (secondary N) is 3. The summed E-state index contributed by atoms with van der Waals surface area (Å²) >= 11 is 0. The van der Waals surface area contributed by atoms with Crippen molar-refractivity contribution in [2.45, 2.75) is 19.8 Å². The van der Waals surface area contributed by atoms with E-state index in [4.69, 9.17) is 24.2 Å². The van der Waals surface area contributed by atoms with Gasteiger partial charge in [-0.05, 0) is 42.8 Å². The van der Waals surface area contributed by atoms with Crippen molar-refractivity contribution in [2.24, 2.45) is 0 Å². The largest absolute Gasteiger partial charge is 0.493 e. The number of methoxy groups -OCH3 is 2. The molecule has 0 spiro atoms. The van der Waals surface area contributed by atoms with Crippen molar-refractivity contribution < 1.29 is 19.0 Å². The van der Waals surface area contributed by atoms with Gasteiger partial charge in [-0.15, -0.1) is 12.4 Å². The van der Waals surface area contributed by atoms with Gasteiger partial charge in [-0.3, -0.25) is 9.89 Å². The van der Waals surface area contributed by atoms with E-state index in [1.165, 1.54) is 0 Å². The Morgan fingerprint density at radius 1 is 0.975 bits per heavy atom. The molecular weight excluding hydrogens is 532 g/mol. The summed E-state index contributed by atoms with van der Waals surface area (Å²) in [5.41, 5.74) is 3.90. The van der Waals surface area contributed by atoms with E-state index in [1.54, 1.807) is 20.4 Å². The van der Waals surface area contributed by atoms with Crippen LogP contribution in [0.2, 0.25) is 0 Å². The first-order chi connectivity index (χ1) is 19.1. The third kappa shape index (κ3) is 6.41. The van der Waals surface area contributed by atoms with E-state index in [9.17, 15) is 4.79 Å². The molecule has 0 saturated carbocycles. The first kappa shape index (κ1) is 28.6. The molecule has 0 bridgehead atoms. The van der Waals surface area contributed by atoms with Crippen LogP contribution in [0, 0.1) is 0 Å². The summed E-state index contributed by atoms with van der Waals surface area (Å²) in [6.07, 6.45) is 3.01. The Hall–Kier alpha value is -4.41. The van der Waals surface area contributed by atoms with Crippen molar-refractivity contribution >= 4 is 57.3 Å². The third-order valence-corrected chi connectivity index (χ3v) is 6.11. The summed E-state index contributed by atoms with van der Waals surface area (Å²) in [6.45, 7) is 2.78. The van der Waals surface area contributed by atoms with Crippen molar-refractivity contribution in [2.75, 3.05) is 38.1 Å². The zero-order valence-electron chi connectivity index (χ0n) is 22.5. The molecule has 10 nitrogen and oxygen atoms in total. The Morgan fingerprint density at radius 2 is 1.85 bits per heavy atom. The highest BCUT2D eigenvalue weighted by molar-refractivity contribution is 5.96. The topological polar surface area (TPSA) is 123 Å². The van der Waals surface area contributed by atoms with Gasteiger partial charge in [-0.1, -0.05) is 19.1 Å². The number of aromatic nitrogens is 4. The van der Waals surface area contributed by atoms with Crippen LogP contribution in [0.15, 0.2) is 60.8 Å². The van der Waals surface area contributed by atoms with E-state index in [2.05, 4.69) is 20.8 Å². The number of aromatic amines is 1. The van der Waals surface area contributed by atoms with E-state index >= 15 is 0 Å². The zero-order chi connectivity index (χ0) is 27.2. The predicted molar refractivity (Wildman–Crippen MR) is 159 cm³/mol. The van der Waals surface area contributed by atoms with Crippen LogP contribution >= 0.6 is 12.4 Å². The summed E-state index contributed by atoms with van der Waals surface area (Å²) in [5.74, 6) is 2.17. The standard InChI is InChI=1S/C29H30N6O4.ClH/c1-4-6-27(36)31-20-8-5-7-18(13-20)28-33-24-16-25(38-3)26(39-12-11-37-2)15-22(24)29(34-28)32-21-9-10-23-19(14-21)17-30-35-23;/h5,7-10,13-17H,4,6,11-12H2,1-3H3,(H,30,35)(H,31,36)(H,32,33,34);1H. The number of amides is 1. The maximum atomic E-state index is 12.2. The minimum Gasteiger partial charge on any atom is -0.493 e. The van der Waals surface area contributed by atoms with Gasteiger partial charge in [-0.2, -0.15) is 5.10 Å². The minimum absolute atomic E-state index is 0. The number of anilines is 3. The highest BCUT2D eigenvalue weighted by Crippen LogP contribution is 2.37. The number of nitrogens with zero attached hydrogens (tertiary/aromatic N) is 3. The Labute approximate surface area is 237 Å². The number of carbonyl (C=O) groups is 1. The van der Waals surface area contributed by atoms with Crippen LogP contribution < -0.4 is 20.1 Å². The molecule has 0 fully saturated rings. The van der Waals surface area contributed by atoms with Gasteiger partial charge in [0.1, 0.15) is 12.4 Å². The van der Waals surface area contributed by atoms with Crippen molar-refractivity contribution in [1.82, 2.24) is 20.2 Å². The lowest BCUT2D eigenvalue weighted by molar-refractivity contribution is -0.116. The molecule has 1 amide bonds. The molecule has 0 unspecified atom stereocenters. The van der Waals surface area contributed by atoms with Gasteiger partial charge in [0.15, 0.2) is 17.3 Å². The Balaban J connectivity index is 0.00000370. The molecule has 40 heavy (non-hydrogen) atoms. The van der Waals surface area contributed by atoms with Gasteiger partial charge in [0, 0.05) is 47.3 Å². The number of H-pyrrole nitrogens is 1. The summed E-state index contributed by atoms with van der Waals surface area (Å²) in [5, 5.41) is 15.2. The minimum atomic E-state index is -0.0307. The molecular formula is C29H31ClN6O4. The van der Waals surface area contributed by atoms with Crippen LogP contribution in [0.1, 0.15) is 19.8 Å². The summed E-state index contributed by atoms with van der Waals surface area (Å²) in [7, 11) is 3.22.